The Bertz CT molecular complexity index is 1650. The van der Waals surface area contributed by atoms with E-state index < -0.39 is 11.1 Å². The maximum atomic E-state index is 13.4. The Kier molecular flexibility index (Phi) is 8.89. The molecule has 1 aliphatic heterocycles. The molecule has 2 aromatic heterocycles. The number of methoxy groups -OCH3 is 1. The van der Waals surface area contributed by atoms with Crippen LogP contribution in [0.5, 0.6) is 5.75 Å². The molecule has 1 aromatic carbocycles. The Balaban J connectivity index is 1.44. The van der Waals surface area contributed by atoms with Crippen molar-refractivity contribution in [2.45, 2.75) is 25.0 Å². The molecule has 1 saturated heterocycles. The number of nitrogens with one attached hydrogen (secondary N) is 3. The molecule has 3 N–H and O–H groups in total. The van der Waals surface area contributed by atoms with Crippen LogP contribution in [0.3, 0.4) is 0 Å². The number of amides is 4. The van der Waals surface area contributed by atoms with Crippen molar-refractivity contribution in [2.75, 3.05) is 43.9 Å². The van der Waals surface area contributed by atoms with E-state index in [1.54, 1.807) is 41.1 Å². The summed E-state index contributed by atoms with van der Waals surface area (Å²) >= 11 is 0. The molecule has 17 heteroatoms. The monoisotopic (exact) mass is 611 g/mol. The molecule has 2 fully saturated rings. The van der Waals surface area contributed by atoms with E-state index in [1.807, 2.05) is 29.6 Å². The molecule has 0 unspecified atom stereocenters. The van der Waals surface area contributed by atoms with Crippen LogP contribution in [-0.4, -0.2) is 115 Å². The standard InChI is InChI=1S/C28H36B3N9O5/c1-15(41)39-9-11-40(12-10-39)27(44)21-13-19(37-38(21)2)17-5-4-6-18(24(17)45-3)32-20-14-22(33-25(42)16-7-8-16)35-36-23(20)26(43)34-28(29,30)31/h4-6,13-14,16H,7-12,29-31H2,1-3H3,(H,34,43)(H2,32,33,35,42). The minimum absolute atomic E-state index is 0.00534. The predicted octanol–water partition coefficient (Wildman–Crippen LogP) is -1.48. The van der Waals surface area contributed by atoms with Crippen molar-refractivity contribution >= 4 is 64.4 Å². The van der Waals surface area contributed by atoms with Gasteiger partial charge in [0.15, 0.2) is 17.3 Å². The van der Waals surface area contributed by atoms with Gasteiger partial charge in [0.1, 0.15) is 29.2 Å². The average molecular weight is 611 g/mol. The van der Waals surface area contributed by atoms with Gasteiger partial charge in [-0.2, -0.15) is 5.10 Å². The Morgan fingerprint density at radius 3 is 2.29 bits per heavy atom. The highest BCUT2D eigenvalue weighted by atomic mass is 16.5. The van der Waals surface area contributed by atoms with Crippen molar-refractivity contribution < 1.29 is 23.9 Å². The highest BCUT2D eigenvalue weighted by Crippen LogP contribution is 2.38. The molecule has 232 valence electrons. The molecule has 3 heterocycles. The van der Waals surface area contributed by atoms with Crippen molar-refractivity contribution in [2.24, 2.45) is 13.0 Å². The first-order chi connectivity index (χ1) is 21.3. The van der Waals surface area contributed by atoms with E-state index in [2.05, 4.69) is 31.2 Å². The lowest BCUT2D eigenvalue weighted by atomic mass is 9.49. The van der Waals surface area contributed by atoms with Crippen molar-refractivity contribution in [3.05, 3.63) is 41.7 Å². The molecule has 0 radical (unpaired) electrons. The van der Waals surface area contributed by atoms with Crippen LogP contribution < -0.4 is 20.7 Å². The van der Waals surface area contributed by atoms with E-state index in [4.69, 9.17) is 4.74 Å². The zero-order valence-electron chi connectivity index (χ0n) is 26.4. The minimum atomic E-state index is -0.526. The molecule has 1 saturated carbocycles. The van der Waals surface area contributed by atoms with E-state index in [0.717, 1.165) is 12.8 Å². The molecule has 3 aromatic rings. The van der Waals surface area contributed by atoms with Gasteiger partial charge in [-0.15, -0.1) is 10.2 Å². The summed E-state index contributed by atoms with van der Waals surface area (Å²) in [5.74, 6) is -0.155. The highest BCUT2D eigenvalue weighted by molar-refractivity contribution is 6.60. The molecular weight excluding hydrogens is 575 g/mol. The van der Waals surface area contributed by atoms with Gasteiger partial charge in [0.05, 0.1) is 24.2 Å². The van der Waals surface area contributed by atoms with Crippen LogP contribution in [0.15, 0.2) is 30.3 Å². The van der Waals surface area contributed by atoms with Gasteiger partial charge < -0.3 is 30.5 Å². The first kappa shape index (κ1) is 31.6. The number of rotatable bonds is 9. The third kappa shape index (κ3) is 7.29. The maximum Gasteiger partial charge on any atom is 0.272 e. The van der Waals surface area contributed by atoms with E-state index in [9.17, 15) is 19.2 Å². The fourth-order valence-electron chi connectivity index (χ4n) is 5.08. The average Bonchev–Trinajstić information content (AvgIpc) is 3.77. The Morgan fingerprint density at radius 2 is 1.67 bits per heavy atom. The highest BCUT2D eigenvalue weighted by Gasteiger charge is 2.31. The SMILES string of the molecule is BC(B)(B)NC(=O)c1nnc(NC(=O)C2CC2)cc1Nc1cccc(-c2cc(C(=O)N3CCN(C(C)=O)CC3)n(C)n2)c1OC. The number of hydrogen-bond acceptors (Lipinski definition) is 9. The number of para-hydroxylation sites is 1. The van der Waals surface area contributed by atoms with Gasteiger partial charge in [0.2, 0.25) is 11.8 Å². The van der Waals surface area contributed by atoms with Gasteiger partial charge in [0, 0.05) is 57.7 Å². The van der Waals surface area contributed by atoms with Gasteiger partial charge in [-0.1, -0.05) is 6.07 Å². The van der Waals surface area contributed by atoms with Crippen LogP contribution in [-0.2, 0) is 16.6 Å². The fourth-order valence-corrected chi connectivity index (χ4v) is 5.08. The van der Waals surface area contributed by atoms with Gasteiger partial charge >= 0.3 is 0 Å². The number of aromatic nitrogens is 4. The second-order valence-electron chi connectivity index (χ2n) is 12.3. The molecular formula is C28H36B3N9O5. The van der Waals surface area contributed by atoms with Gasteiger partial charge in [-0.05, 0) is 36.3 Å². The smallest absolute Gasteiger partial charge is 0.272 e. The number of aryl methyl sites for hydroxylation is 1. The molecule has 14 nitrogen and oxygen atoms in total. The topological polar surface area (TPSA) is 164 Å². The van der Waals surface area contributed by atoms with Gasteiger partial charge in [-0.3, -0.25) is 23.9 Å². The van der Waals surface area contributed by atoms with Gasteiger partial charge in [-0.25, -0.2) is 0 Å². The summed E-state index contributed by atoms with van der Waals surface area (Å²) in [4.78, 5) is 54.2. The second-order valence-corrected chi connectivity index (χ2v) is 12.3. The summed E-state index contributed by atoms with van der Waals surface area (Å²) in [5, 5.41) is 21.3. The lowest BCUT2D eigenvalue weighted by molar-refractivity contribution is -0.130. The van der Waals surface area contributed by atoms with E-state index >= 15 is 0 Å². The molecule has 0 atom stereocenters. The summed E-state index contributed by atoms with van der Waals surface area (Å²) in [5.41, 5.74) is 2.39. The molecule has 4 amide bonds. The van der Waals surface area contributed by atoms with Crippen molar-refractivity contribution in [1.29, 1.82) is 0 Å². The minimum Gasteiger partial charge on any atom is -0.494 e. The maximum absolute atomic E-state index is 13.4. The fraction of sp³-hybridized carbons (Fsp3) is 0.393. The van der Waals surface area contributed by atoms with Crippen LogP contribution in [0.1, 0.15) is 40.7 Å². The number of anilines is 3. The largest absolute Gasteiger partial charge is 0.494 e. The third-order valence-electron chi connectivity index (χ3n) is 7.57. The third-order valence-corrected chi connectivity index (χ3v) is 7.57. The quantitative estimate of drug-likeness (QED) is 0.245. The summed E-state index contributed by atoms with van der Waals surface area (Å²) in [6, 6.07) is 8.69. The molecule has 1 aliphatic carbocycles. The van der Waals surface area contributed by atoms with Crippen LogP contribution in [0.25, 0.3) is 11.3 Å². The second kappa shape index (κ2) is 12.7. The van der Waals surface area contributed by atoms with Gasteiger partial charge in [0.25, 0.3) is 11.8 Å². The van der Waals surface area contributed by atoms with Crippen LogP contribution in [0.2, 0.25) is 0 Å². The Morgan fingerprint density at radius 1 is 0.978 bits per heavy atom. The lowest BCUT2D eigenvalue weighted by Crippen LogP contribution is -2.50. The zero-order valence-corrected chi connectivity index (χ0v) is 26.4. The van der Waals surface area contributed by atoms with Crippen molar-refractivity contribution in [3.8, 4) is 17.0 Å². The van der Waals surface area contributed by atoms with Crippen LogP contribution in [0, 0.1) is 5.92 Å². The van der Waals surface area contributed by atoms with E-state index in [-0.39, 0.29) is 35.2 Å². The molecule has 0 bridgehead atoms. The number of carbonyl (C=O) groups is 4. The Labute approximate surface area is 263 Å². The summed E-state index contributed by atoms with van der Waals surface area (Å²) in [6.07, 6.45) is 1.66. The molecule has 45 heavy (non-hydrogen) atoms. The van der Waals surface area contributed by atoms with E-state index in [1.165, 1.54) is 18.7 Å². The number of hydrogen-bond donors (Lipinski definition) is 3. The normalized spacial score (nSPS) is 14.9. The summed E-state index contributed by atoms with van der Waals surface area (Å²) < 4.78 is 7.36. The number of carbonyl (C=O) groups excluding carboxylic acids is 4. The first-order valence-electron chi connectivity index (χ1n) is 14.9. The molecule has 5 rings (SSSR count). The Hall–Kier alpha value is -4.82. The van der Waals surface area contributed by atoms with Crippen LogP contribution >= 0.6 is 0 Å². The molecule has 0 spiro atoms. The van der Waals surface area contributed by atoms with Crippen LogP contribution in [0.4, 0.5) is 17.2 Å². The summed E-state index contributed by atoms with van der Waals surface area (Å²) in [7, 11) is 8.81. The predicted molar refractivity (Wildman–Crippen MR) is 176 cm³/mol. The van der Waals surface area contributed by atoms with Crippen molar-refractivity contribution in [1.82, 2.24) is 35.1 Å². The van der Waals surface area contributed by atoms with Crippen molar-refractivity contribution in [3.63, 3.8) is 0 Å². The number of piperazine rings is 1. The lowest BCUT2D eigenvalue weighted by Gasteiger charge is -2.34. The molecule has 2 aliphatic rings. The summed E-state index contributed by atoms with van der Waals surface area (Å²) in [6.45, 7) is 3.38. The first-order valence-corrected chi connectivity index (χ1v) is 14.9. The number of ether oxygens (including phenoxy) is 1. The number of benzene rings is 1. The zero-order chi connectivity index (χ0) is 32.5. The van der Waals surface area contributed by atoms with E-state index in [0.29, 0.717) is 60.3 Å². The number of nitrogens with zero attached hydrogens (tertiary/aromatic N) is 6.